The summed E-state index contributed by atoms with van der Waals surface area (Å²) in [5.74, 6) is -1.80. The van der Waals surface area contributed by atoms with Crippen molar-refractivity contribution in [3.63, 3.8) is 0 Å². The molecule has 2 rings (SSSR count). The van der Waals surface area contributed by atoms with Crippen LogP contribution in [-0.2, 0) is 38.1 Å². The molecule has 2 heterocycles. The summed E-state index contributed by atoms with van der Waals surface area (Å²) in [5.41, 5.74) is 4.18. The minimum atomic E-state index is -1.04. The van der Waals surface area contributed by atoms with Gasteiger partial charge in [-0.15, -0.1) is 0 Å². The molecule has 4 amide bonds. The summed E-state index contributed by atoms with van der Waals surface area (Å²) in [5, 5.41) is 14.0. The molecular formula is C37H69N5O11. The topological polar surface area (TPSA) is 216 Å². The number of nitrogens with one attached hydrogen (secondary N) is 2. The molecule has 0 spiro atoms. The Morgan fingerprint density at radius 3 is 1.38 bits per heavy atom. The highest BCUT2D eigenvalue weighted by atomic mass is 16.6. The zero-order chi connectivity index (χ0) is 41.1. The highest BCUT2D eigenvalue weighted by Crippen LogP contribution is 2.17. The molecule has 0 saturated carbocycles. The van der Waals surface area contributed by atoms with Crippen molar-refractivity contribution < 1.29 is 52.8 Å². The van der Waals surface area contributed by atoms with Crippen LogP contribution < -0.4 is 16.4 Å². The number of carboxylic acid groups (broad SMARTS) is 1. The van der Waals surface area contributed by atoms with Crippen LogP contribution in [-0.4, -0.2) is 133 Å². The maximum absolute atomic E-state index is 12.8. The third-order valence-corrected chi connectivity index (χ3v) is 8.35. The average molecular weight is 760 g/mol. The van der Waals surface area contributed by atoms with Gasteiger partial charge in [-0.1, -0.05) is 47.5 Å². The number of hydrogen-bond donors (Lipinski definition) is 4. The van der Waals surface area contributed by atoms with Crippen LogP contribution in [0.15, 0.2) is 0 Å². The van der Waals surface area contributed by atoms with Crippen molar-refractivity contribution in [2.75, 3.05) is 52.6 Å². The number of aliphatic carboxylic acids is 1. The van der Waals surface area contributed by atoms with Crippen LogP contribution in [0.5, 0.6) is 0 Å². The predicted octanol–water partition coefficient (Wildman–Crippen LogP) is 3.58. The van der Waals surface area contributed by atoms with Gasteiger partial charge in [-0.25, -0.2) is 14.4 Å². The van der Waals surface area contributed by atoms with Crippen LogP contribution in [0, 0.1) is 17.8 Å². The van der Waals surface area contributed by atoms with Gasteiger partial charge in [-0.05, 0) is 60.3 Å². The van der Waals surface area contributed by atoms with Gasteiger partial charge in [-0.3, -0.25) is 14.4 Å². The molecule has 2 aliphatic rings. The van der Waals surface area contributed by atoms with E-state index in [1.807, 2.05) is 20.8 Å². The van der Waals surface area contributed by atoms with Crippen molar-refractivity contribution in [3.05, 3.63) is 0 Å². The molecule has 16 nitrogen and oxygen atoms in total. The SMILES string of the molecule is CC[C@H](C)[C@H](NC(=O)OC(C)(C)C)C(=O)C[C@@H](C)C(=O)N1CCOCC1.CC[C@H](C)[C@H](NC(=O)OC(C)(C)C)C(=O)O.C[C@H](N)C(=O)N1CCOCC1. The van der Waals surface area contributed by atoms with Crippen molar-refractivity contribution in [2.24, 2.45) is 23.5 Å². The van der Waals surface area contributed by atoms with E-state index in [4.69, 9.17) is 29.8 Å². The third-order valence-electron chi connectivity index (χ3n) is 8.35. The van der Waals surface area contributed by atoms with Gasteiger partial charge >= 0.3 is 18.2 Å². The lowest BCUT2D eigenvalue weighted by Gasteiger charge is -2.30. The first-order chi connectivity index (χ1) is 24.4. The Labute approximate surface area is 316 Å². The molecule has 6 atom stereocenters. The molecule has 308 valence electrons. The summed E-state index contributed by atoms with van der Waals surface area (Å²) in [6.07, 6.45) is 0.203. The Bertz CT molecular complexity index is 1160. The minimum absolute atomic E-state index is 0.0216. The monoisotopic (exact) mass is 759 g/mol. The summed E-state index contributed by atoms with van der Waals surface area (Å²) in [4.78, 5) is 74.4. The van der Waals surface area contributed by atoms with Gasteiger partial charge in [0.25, 0.3) is 0 Å². The molecule has 0 aromatic heterocycles. The molecule has 0 aliphatic carbocycles. The number of hydrogen-bond acceptors (Lipinski definition) is 11. The quantitative estimate of drug-likeness (QED) is 0.225. The number of carbonyl (C=O) groups is 6. The van der Waals surface area contributed by atoms with E-state index >= 15 is 0 Å². The summed E-state index contributed by atoms with van der Waals surface area (Å²) in [7, 11) is 0. The van der Waals surface area contributed by atoms with Gasteiger partial charge < -0.3 is 50.2 Å². The molecule has 5 N–H and O–H groups in total. The van der Waals surface area contributed by atoms with Crippen molar-refractivity contribution in [1.82, 2.24) is 20.4 Å². The highest BCUT2D eigenvalue weighted by Gasteiger charge is 2.32. The lowest BCUT2D eigenvalue weighted by molar-refractivity contribution is -0.141. The highest BCUT2D eigenvalue weighted by molar-refractivity contribution is 5.91. The maximum atomic E-state index is 12.8. The number of amides is 4. The van der Waals surface area contributed by atoms with Crippen LogP contribution in [0.3, 0.4) is 0 Å². The largest absolute Gasteiger partial charge is 0.480 e. The smallest absolute Gasteiger partial charge is 0.408 e. The van der Waals surface area contributed by atoms with E-state index in [1.54, 1.807) is 72.1 Å². The fourth-order valence-electron chi connectivity index (χ4n) is 5.01. The molecule has 0 unspecified atom stereocenters. The van der Waals surface area contributed by atoms with E-state index in [-0.39, 0.29) is 41.9 Å². The molecular weight excluding hydrogens is 690 g/mol. The number of Topliss-reactive ketones (excluding diaryl/α,β-unsaturated/α-hetero) is 1. The molecule has 2 aliphatic heterocycles. The van der Waals surface area contributed by atoms with Crippen molar-refractivity contribution in [3.8, 4) is 0 Å². The Kier molecular flexibility index (Phi) is 22.4. The molecule has 16 heteroatoms. The fourth-order valence-corrected chi connectivity index (χ4v) is 5.01. The zero-order valence-electron chi connectivity index (χ0n) is 34.2. The molecule has 0 aromatic rings. The zero-order valence-corrected chi connectivity index (χ0v) is 34.2. The van der Waals surface area contributed by atoms with Crippen molar-refractivity contribution in [2.45, 2.75) is 132 Å². The number of ether oxygens (including phenoxy) is 4. The second-order valence-electron chi connectivity index (χ2n) is 15.6. The Balaban J connectivity index is 0.000000848. The Morgan fingerprint density at radius 1 is 0.679 bits per heavy atom. The summed E-state index contributed by atoms with van der Waals surface area (Å²) in [6, 6.07) is -1.94. The van der Waals surface area contributed by atoms with Gasteiger partial charge in [0.15, 0.2) is 5.78 Å². The lowest BCUT2D eigenvalue weighted by atomic mass is 9.90. The number of ketones is 1. The van der Waals surface area contributed by atoms with Gasteiger partial charge in [0.2, 0.25) is 11.8 Å². The first kappa shape index (κ1) is 49.5. The summed E-state index contributed by atoms with van der Waals surface area (Å²) in [6.45, 7) is 26.3. The van der Waals surface area contributed by atoms with E-state index in [0.29, 0.717) is 59.0 Å². The van der Waals surface area contributed by atoms with Crippen molar-refractivity contribution in [1.29, 1.82) is 0 Å². The first-order valence-corrected chi connectivity index (χ1v) is 18.7. The molecule has 2 fully saturated rings. The van der Waals surface area contributed by atoms with Crippen LogP contribution in [0.1, 0.15) is 102 Å². The van der Waals surface area contributed by atoms with Crippen LogP contribution in [0.25, 0.3) is 0 Å². The number of carboxylic acids is 1. The lowest BCUT2D eigenvalue weighted by Crippen LogP contribution is -2.48. The van der Waals surface area contributed by atoms with E-state index in [9.17, 15) is 28.8 Å². The van der Waals surface area contributed by atoms with Gasteiger partial charge in [0, 0.05) is 38.5 Å². The Morgan fingerprint density at radius 2 is 1.04 bits per heavy atom. The minimum Gasteiger partial charge on any atom is -0.480 e. The van der Waals surface area contributed by atoms with Crippen molar-refractivity contribution >= 4 is 35.8 Å². The molecule has 2 saturated heterocycles. The van der Waals surface area contributed by atoms with E-state index in [2.05, 4.69) is 10.6 Å². The number of rotatable bonds is 12. The fraction of sp³-hybridized carbons (Fsp3) is 0.838. The van der Waals surface area contributed by atoms with E-state index < -0.39 is 47.4 Å². The van der Waals surface area contributed by atoms with E-state index in [0.717, 1.165) is 6.42 Å². The maximum Gasteiger partial charge on any atom is 0.408 e. The number of carbonyl (C=O) groups excluding carboxylic acids is 5. The summed E-state index contributed by atoms with van der Waals surface area (Å²) >= 11 is 0. The van der Waals surface area contributed by atoms with Crippen LogP contribution in [0.4, 0.5) is 9.59 Å². The van der Waals surface area contributed by atoms with Crippen LogP contribution >= 0.6 is 0 Å². The molecule has 53 heavy (non-hydrogen) atoms. The van der Waals surface area contributed by atoms with Gasteiger partial charge in [0.1, 0.15) is 17.2 Å². The van der Waals surface area contributed by atoms with Crippen LogP contribution in [0.2, 0.25) is 0 Å². The Hall–Kier alpha value is -3.50. The molecule has 0 radical (unpaired) electrons. The second-order valence-corrected chi connectivity index (χ2v) is 15.6. The summed E-state index contributed by atoms with van der Waals surface area (Å²) < 4.78 is 20.6. The molecule has 0 aromatic carbocycles. The van der Waals surface area contributed by atoms with Gasteiger partial charge in [0.05, 0.1) is 38.5 Å². The van der Waals surface area contributed by atoms with E-state index in [1.165, 1.54) is 0 Å². The number of nitrogens with two attached hydrogens (primary N) is 1. The average Bonchev–Trinajstić information content (AvgIpc) is 3.07. The number of morpholine rings is 2. The second kappa shape index (κ2) is 24.0. The standard InChI is InChI=1S/C19H34N2O5.C11H21NO4.C7H14N2O2/c1-7-13(2)16(20-18(24)26-19(4,5)6)15(22)12-14(3)17(23)21-8-10-25-11-9-21;1-6-7(2)8(9(13)14)12-10(15)16-11(3,4)5;1-6(8)7(10)9-2-4-11-5-3-9/h13-14,16H,7-12H2,1-6H3,(H,20,24);7-8H,6H2,1-5H3,(H,12,15)(H,13,14);6H,2-5,8H2,1H3/t13-,14+,16-;7-,8-;6-/m000/s1. The number of alkyl carbamates (subject to hydrolysis) is 2. The first-order valence-electron chi connectivity index (χ1n) is 18.7. The normalized spacial score (nSPS) is 18.1. The van der Waals surface area contributed by atoms with Gasteiger partial charge in [-0.2, -0.15) is 0 Å². The number of nitrogens with zero attached hydrogens (tertiary/aromatic N) is 2. The third kappa shape index (κ3) is 21.1. The predicted molar refractivity (Wildman–Crippen MR) is 200 cm³/mol. The molecule has 0 bridgehead atoms.